The molecule has 1 aromatic heterocycles. The zero-order valence-electron chi connectivity index (χ0n) is 7.89. The first-order chi connectivity index (χ1) is 6.52. The molecule has 0 unspecified atom stereocenters. The molecule has 1 aromatic rings. The van der Waals surface area contributed by atoms with Gasteiger partial charge in [0, 0.05) is 24.7 Å². The highest BCUT2D eigenvalue weighted by atomic mass is 19.3. The van der Waals surface area contributed by atoms with E-state index in [4.69, 9.17) is 5.73 Å². The van der Waals surface area contributed by atoms with Gasteiger partial charge in [0.15, 0.2) is 0 Å². The van der Waals surface area contributed by atoms with Crippen LogP contribution >= 0.6 is 0 Å². The third kappa shape index (κ3) is 1.66. The molecule has 1 fully saturated rings. The summed E-state index contributed by atoms with van der Waals surface area (Å²) < 4.78 is 25.8. The van der Waals surface area contributed by atoms with Gasteiger partial charge in [0.05, 0.1) is 5.54 Å². The number of nitrogens with two attached hydrogens (primary N) is 1. The number of rotatable bonds is 1. The molecule has 1 saturated carbocycles. The lowest BCUT2D eigenvalue weighted by molar-refractivity contribution is -0.0518. The molecule has 4 heteroatoms. The van der Waals surface area contributed by atoms with Crippen LogP contribution in [-0.2, 0) is 5.54 Å². The fraction of sp³-hybridized carbons (Fsp3) is 0.600. The number of hydrogen-bond acceptors (Lipinski definition) is 1. The summed E-state index contributed by atoms with van der Waals surface area (Å²) in [5, 5.41) is 0. The van der Waals surface area contributed by atoms with Gasteiger partial charge in [0.2, 0.25) is 5.92 Å². The fourth-order valence-electron chi connectivity index (χ4n) is 1.97. The smallest absolute Gasteiger partial charge is 0.248 e. The predicted octanol–water partition coefficient (Wildman–Crippen LogP) is 2.38. The minimum absolute atomic E-state index is 0.109. The van der Waals surface area contributed by atoms with Crippen LogP contribution in [-0.4, -0.2) is 10.9 Å². The minimum atomic E-state index is -2.52. The molecule has 3 N–H and O–H groups in total. The maximum Gasteiger partial charge on any atom is 0.248 e. The van der Waals surface area contributed by atoms with Crippen LogP contribution in [0.15, 0.2) is 18.3 Å². The van der Waals surface area contributed by atoms with Gasteiger partial charge >= 0.3 is 0 Å². The van der Waals surface area contributed by atoms with E-state index in [1.807, 2.05) is 12.1 Å². The molecule has 0 saturated heterocycles. The van der Waals surface area contributed by atoms with Crippen molar-refractivity contribution in [1.82, 2.24) is 4.98 Å². The molecule has 78 valence electrons. The zero-order valence-corrected chi connectivity index (χ0v) is 7.89. The van der Waals surface area contributed by atoms with Gasteiger partial charge in [-0.25, -0.2) is 8.78 Å². The molecule has 0 aliphatic heterocycles. The SMILES string of the molecule is NC1(c2ccc[nH]2)CCC(F)(F)CC1. The number of halogens is 2. The van der Waals surface area contributed by atoms with Crippen molar-refractivity contribution in [1.29, 1.82) is 0 Å². The Morgan fingerprint density at radius 2 is 1.86 bits per heavy atom. The Hall–Kier alpha value is -0.900. The van der Waals surface area contributed by atoms with Crippen LogP contribution < -0.4 is 5.73 Å². The van der Waals surface area contributed by atoms with E-state index in [0.29, 0.717) is 12.8 Å². The summed E-state index contributed by atoms with van der Waals surface area (Å²) >= 11 is 0. The molecular weight excluding hydrogens is 186 g/mol. The lowest BCUT2D eigenvalue weighted by Gasteiger charge is -2.36. The summed E-state index contributed by atoms with van der Waals surface area (Å²) in [5.41, 5.74) is 6.37. The molecule has 2 nitrogen and oxygen atoms in total. The van der Waals surface area contributed by atoms with Gasteiger partial charge in [-0.3, -0.25) is 0 Å². The van der Waals surface area contributed by atoms with E-state index < -0.39 is 11.5 Å². The summed E-state index contributed by atoms with van der Waals surface area (Å²) in [4.78, 5) is 3.00. The molecule has 0 atom stereocenters. The third-order valence-corrected chi connectivity index (χ3v) is 3.01. The van der Waals surface area contributed by atoms with Gasteiger partial charge in [0.25, 0.3) is 0 Å². The van der Waals surface area contributed by atoms with Crippen LogP contribution in [0.5, 0.6) is 0 Å². The highest BCUT2D eigenvalue weighted by molar-refractivity contribution is 5.17. The summed E-state index contributed by atoms with van der Waals surface area (Å²) in [6, 6.07) is 3.71. The fourth-order valence-corrected chi connectivity index (χ4v) is 1.97. The molecule has 0 spiro atoms. The molecule has 0 radical (unpaired) electrons. The molecule has 2 rings (SSSR count). The summed E-state index contributed by atoms with van der Waals surface area (Å²) in [7, 11) is 0. The van der Waals surface area contributed by atoms with E-state index >= 15 is 0 Å². The summed E-state index contributed by atoms with van der Waals surface area (Å²) in [6.07, 6.45) is 2.25. The van der Waals surface area contributed by atoms with Crippen LogP contribution in [0.3, 0.4) is 0 Å². The van der Waals surface area contributed by atoms with Crippen molar-refractivity contribution < 1.29 is 8.78 Å². The Balaban J connectivity index is 2.13. The van der Waals surface area contributed by atoms with E-state index in [1.165, 1.54) is 0 Å². The second-order valence-corrected chi connectivity index (χ2v) is 4.10. The Morgan fingerprint density at radius 1 is 1.21 bits per heavy atom. The third-order valence-electron chi connectivity index (χ3n) is 3.01. The summed E-state index contributed by atoms with van der Waals surface area (Å²) in [5.74, 6) is -2.52. The van der Waals surface area contributed by atoms with Crippen LogP contribution in [0.25, 0.3) is 0 Å². The van der Waals surface area contributed by atoms with Crippen LogP contribution in [0.2, 0.25) is 0 Å². The molecule has 14 heavy (non-hydrogen) atoms. The second-order valence-electron chi connectivity index (χ2n) is 4.10. The van der Waals surface area contributed by atoms with Crippen LogP contribution in [0.1, 0.15) is 31.4 Å². The van der Waals surface area contributed by atoms with E-state index in [2.05, 4.69) is 4.98 Å². The lowest BCUT2D eigenvalue weighted by Crippen LogP contribution is -2.43. The Morgan fingerprint density at radius 3 is 2.36 bits per heavy atom. The number of hydrogen-bond donors (Lipinski definition) is 2. The zero-order chi connectivity index (χ0) is 10.2. The molecule has 0 aromatic carbocycles. The summed E-state index contributed by atoms with van der Waals surface area (Å²) in [6.45, 7) is 0. The topological polar surface area (TPSA) is 41.8 Å². The number of alkyl halides is 2. The van der Waals surface area contributed by atoms with Gasteiger partial charge in [0.1, 0.15) is 0 Å². The standard InChI is InChI=1S/C10H14F2N2/c11-10(12)5-3-9(13,4-6-10)8-2-1-7-14-8/h1-2,7,14H,3-6,13H2. The van der Waals surface area contributed by atoms with Crippen molar-refractivity contribution in [3.63, 3.8) is 0 Å². The van der Waals surface area contributed by atoms with E-state index in [1.54, 1.807) is 6.20 Å². The Labute approximate surface area is 81.5 Å². The first-order valence-electron chi connectivity index (χ1n) is 4.82. The maximum atomic E-state index is 12.9. The van der Waals surface area contributed by atoms with Gasteiger partial charge in [-0.2, -0.15) is 0 Å². The quantitative estimate of drug-likeness (QED) is 0.718. The average Bonchev–Trinajstić information content (AvgIpc) is 2.64. The van der Waals surface area contributed by atoms with Gasteiger partial charge in [-0.1, -0.05) is 0 Å². The molecule has 1 aliphatic carbocycles. The van der Waals surface area contributed by atoms with Crippen LogP contribution in [0, 0.1) is 0 Å². The van der Waals surface area contributed by atoms with Crippen molar-refractivity contribution in [3.8, 4) is 0 Å². The monoisotopic (exact) mass is 200 g/mol. The van der Waals surface area contributed by atoms with Crippen LogP contribution in [0.4, 0.5) is 8.78 Å². The maximum absolute atomic E-state index is 12.9. The second kappa shape index (κ2) is 3.05. The number of H-pyrrole nitrogens is 1. The first kappa shape index (κ1) is 9.65. The van der Waals surface area contributed by atoms with Crippen molar-refractivity contribution in [3.05, 3.63) is 24.0 Å². The highest BCUT2D eigenvalue weighted by Crippen LogP contribution is 2.41. The van der Waals surface area contributed by atoms with E-state index in [0.717, 1.165) is 5.69 Å². The first-order valence-corrected chi connectivity index (χ1v) is 4.82. The Kier molecular flexibility index (Phi) is 2.10. The van der Waals surface area contributed by atoms with Crippen molar-refractivity contribution >= 4 is 0 Å². The molecule has 1 heterocycles. The van der Waals surface area contributed by atoms with Gasteiger partial charge in [-0.05, 0) is 25.0 Å². The van der Waals surface area contributed by atoms with E-state index in [-0.39, 0.29) is 12.8 Å². The molecular formula is C10H14F2N2. The van der Waals surface area contributed by atoms with Crippen molar-refractivity contribution in [2.45, 2.75) is 37.1 Å². The van der Waals surface area contributed by atoms with E-state index in [9.17, 15) is 8.78 Å². The Bertz CT molecular complexity index is 296. The molecule has 0 amide bonds. The molecule has 0 bridgehead atoms. The number of aromatic nitrogens is 1. The highest BCUT2D eigenvalue weighted by Gasteiger charge is 2.42. The predicted molar refractivity (Wildman–Crippen MR) is 50.1 cm³/mol. The minimum Gasteiger partial charge on any atom is -0.363 e. The molecule has 1 aliphatic rings. The average molecular weight is 200 g/mol. The van der Waals surface area contributed by atoms with Crippen molar-refractivity contribution in [2.24, 2.45) is 5.73 Å². The largest absolute Gasteiger partial charge is 0.363 e. The number of aromatic amines is 1. The van der Waals surface area contributed by atoms with Gasteiger partial charge < -0.3 is 10.7 Å². The lowest BCUT2D eigenvalue weighted by atomic mass is 9.78. The normalized spacial score (nSPS) is 24.8. The number of nitrogens with one attached hydrogen (secondary N) is 1. The van der Waals surface area contributed by atoms with Crippen molar-refractivity contribution in [2.75, 3.05) is 0 Å². The van der Waals surface area contributed by atoms with Gasteiger partial charge in [-0.15, -0.1) is 0 Å².